The molecule has 2 heterocycles. The smallest absolute Gasteiger partial charge is 0.244 e. The third-order valence-electron chi connectivity index (χ3n) is 3.52. The predicted octanol–water partition coefficient (Wildman–Crippen LogP) is 1.86. The average Bonchev–Trinajstić information content (AvgIpc) is 3.08. The van der Waals surface area contributed by atoms with Gasteiger partial charge in [0.05, 0.1) is 12.6 Å². The summed E-state index contributed by atoms with van der Waals surface area (Å²) >= 11 is 1.68. The van der Waals surface area contributed by atoms with Crippen LogP contribution in [-0.2, 0) is 13.0 Å². The van der Waals surface area contributed by atoms with Gasteiger partial charge >= 0.3 is 5.69 Å². The van der Waals surface area contributed by atoms with Crippen LogP contribution < -0.4 is 5.69 Å². The first-order valence-corrected chi connectivity index (χ1v) is 7.32. The standard InChI is InChI=1S/C12H16N4OS/c17-12-15(7-5-10-6-8-18-9-10)13-14-16(12)11-3-1-2-4-11/h6,8-9,11H,1-5,7H2. The maximum absolute atomic E-state index is 12.1. The first-order chi connectivity index (χ1) is 8.84. The van der Waals surface area contributed by atoms with E-state index in [0.717, 1.165) is 19.3 Å². The van der Waals surface area contributed by atoms with Crippen LogP contribution in [0.5, 0.6) is 0 Å². The monoisotopic (exact) mass is 264 g/mol. The van der Waals surface area contributed by atoms with E-state index in [0.29, 0.717) is 6.54 Å². The molecule has 2 aromatic heterocycles. The van der Waals surface area contributed by atoms with Gasteiger partial charge in [0, 0.05) is 0 Å². The number of hydrogen-bond donors (Lipinski definition) is 0. The maximum atomic E-state index is 12.1. The number of thiophene rings is 1. The molecular formula is C12H16N4OS. The molecule has 0 bridgehead atoms. The van der Waals surface area contributed by atoms with Crippen LogP contribution in [0.25, 0.3) is 0 Å². The summed E-state index contributed by atoms with van der Waals surface area (Å²) in [5.41, 5.74) is 1.19. The minimum Gasteiger partial charge on any atom is -0.244 e. The highest BCUT2D eigenvalue weighted by atomic mass is 32.1. The predicted molar refractivity (Wildman–Crippen MR) is 69.8 cm³/mol. The van der Waals surface area contributed by atoms with Crippen LogP contribution in [0.15, 0.2) is 21.6 Å². The Balaban J connectivity index is 1.71. The Morgan fingerprint density at radius 3 is 2.89 bits per heavy atom. The fourth-order valence-corrected chi connectivity index (χ4v) is 3.18. The number of tetrazole rings is 1. The molecule has 1 aliphatic carbocycles. The SMILES string of the molecule is O=c1n(CCc2ccsc2)nnn1C1CCCC1. The molecule has 3 rings (SSSR count). The van der Waals surface area contributed by atoms with Gasteiger partial charge in [-0.15, -0.1) is 0 Å². The molecular weight excluding hydrogens is 248 g/mol. The zero-order chi connectivity index (χ0) is 12.4. The fraction of sp³-hybridized carbons (Fsp3) is 0.583. The molecule has 18 heavy (non-hydrogen) atoms. The third-order valence-corrected chi connectivity index (χ3v) is 4.26. The summed E-state index contributed by atoms with van der Waals surface area (Å²) in [6, 6.07) is 2.35. The van der Waals surface area contributed by atoms with E-state index in [-0.39, 0.29) is 11.7 Å². The summed E-state index contributed by atoms with van der Waals surface area (Å²) < 4.78 is 3.05. The van der Waals surface area contributed by atoms with Crippen molar-refractivity contribution in [2.45, 2.75) is 44.7 Å². The van der Waals surface area contributed by atoms with Crippen LogP contribution in [0.2, 0.25) is 0 Å². The van der Waals surface area contributed by atoms with Crippen LogP contribution in [0.3, 0.4) is 0 Å². The largest absolute Gasteiger partial charge is 0.363 e. The van der Waals surface area contributed by atoms with E-state index in [1.54, 1.807) is 16.0 Å². The quantitative estimate of drug-likeness (QED) is 0.847. The number of hydrogen-bond acceptors (Lipinski definition) is 4. The van der Waals surface area contributed by atoms with Crippen molar-refractivity contribution in [2.75, 3.05) is 0 Å². The van der Waals surface area contributed by atoms with Crippen LogP contribution in [0.1, 0.15) is 37.3 Å². The second kappa shape index (κ2) is 5.06. The van der Waals surface area contributed by atoms with E-state index in [1.807, 2.05) is 5.38 Å². The zero-order valence-corrected chi connectivity index (χ0v) is 11.0. The van der Waals surface area contributed by atoms with Gasteiger partial charge in [-0.05, 0) is 52.1 Å². The summed E-state index contributed by atoms with van der Waals surface area (Å²) in [4.78, 5) is 12.1. The molecule has 5 nitrogen and oxygen atoms in total. The summed E-state index contributed by atoms with van der Waals surface area (Å²) in [7, 11) is 0. The van der Waals surface area contributed by atoms with Gasteiger partial charge in [0.15, 0.2) is 0 Å². The molecule has 96 valence electrons. The van der Waals surface area contributed by atoms with Crippen LogP contribution in [-0.4, -0.2) is 19.8 Å². The van der Waals surface area contributed by atoms with Gasteiger partial charge in [0.2, 0.25) is 0 Å². The summed E-state index contributed by atoms with van der Waals surface area (Å²) in [5, 5.41) is 12.2. The Kier molecular flexibility index (Phi) is 3.27. The van der Waals surface area contributed by atoms with Crippen molar-refractivity contribution in [3.05, 3.63) is 32.9 Å². The van der Waals surface area contributed by atoms with Crippen molar-refractivity contribution >= 4 is 11.3 Å². The highest BCUT2D eigenvalue weighted by Crippen LogP contribution is 2.27. The highest BCUT2D eigenvalue weighted by molar-refractivity contribution is 7.07. The van der Waals surface area contributed by atoms with E-state index in [1.165, 1.54) is 23.1 Å². The number of aryl methyl sites for hydroxylation is 2. The van der Waals surface area contributed by atoms with Gasteiger partial charge in [-0.1, -0.05) is 12.8 Å². The van der Waals surface area contributed by atoms with Crippen molar-refractivity contribution in [3.63, 3.8) is 0 Å². The van der Waals surface area contributed by atoms with Gasteiger partial charge in [0.1, 0.15) is 0 Å². The van der Waals surface area contributed by atoms with E-state index < -0.39 is 0 Å². The van der Waals surface area contributed by atoms with Gasteiger partial charge < -0.3 is 0 Å². The Hall–Kier alpha value is -1.43. The molecule has 0 unspecified atom stereocenters. The van der Waals surface area contributed by atoms with Gasteiger partial charge in [-0.3, -0.25) is 0 Å². The van der Waals surface area contributed by atoms with Crippen LogP contribution in [0, 0.1) is 0 Å². The molecule has 0 radical (unpaired) electrons. The molecule has 0 spiro atoms. The van der Waals surface area contributed by atoms with Gasteiger partial charge in [0.25, 0.3) is 0 Å². The minimum atomic E-state index is -0.0582. The lowest BCUT2D eigenvalue weighted by molar-refractivity contribution is 0.441. The molecule has 0 amide bonds. The van der Waals surface area contributed by atoms with E-state index >= 15 is 0 Å². The second-order valence-corrected chi connectivity index (χ2v) is 5.53. The molecule has 1 saturated carbocycles. The van der Waals surface area contributed by atoms with E-state index in [9.17, 15) is 4.79 Å². The van der Waals surface area contributed by atoms with Crippen LogP contribution >= 0.6 is 11.3 Å². The highest BCUT2D eigenvalue weighted by Gasteiger charge is 2.21. The molecule has 0 aliphatic heterocycles. The van der Waals surface area contributed by atoms with Crippen molar-refractivity contribution in [2.24, 2.45) is 0 Å². The maximum Gasteiger partial charge on any atom is 0.363 e. The van der Waals surface area contributed by atoms with E-state index in [2.05, 4.69) is 21.9 Å². The van der Waals surface area contributed by atoms with Gasteiger partial charge in [-0.25, -0.2) is 4.79 Å². The molecule has 2 aromatic rings. The first kappa shape index (κ1) is 11.6. The number of nitrogens with zero attached hydrogens (tertiary/aromatic N) is 4. The van der Waals surface area contributed by atoms with Crippen LogP contribution in [0.4, 0.5) is 0 Å². The van der Waals surface area contributed by atoms with Crippen molar-refractivity contribution in [1.29, 1.82) is 0 Å². The lowest BCUT2D eigenvalue weighted by atomic mass is 10.2. The first-order valence-electron chi connectivity index (χ1n) is 6.38. The fourth-order valence-electron chi connectivity index (χ4n) is 2.47. The third kappa shape index (κ3) is 2.25. The lowest BCUT2D eigenvalue weighted by Gasteiger charge is -2.05. The van der Waals surface area contributed by atoms with E-state index in [4.69, 9.17) is 0 Å². The Morgan fingerprint density at radius 1 is 1.33 bits per heavy atom. The minimum absolute atomic E-state index is 0.0582. The number of aromatic nitrogens is 4. The summed E-state index contributed by atoms with van der Waals surface area (Å²) in [6.07, 6.45) is 5.34. The molecule has 0 saturated heterocycles. The molecule has 1 aliphatic rings. The van der Waals surface area contributed by atoms with Crippen molar-refractivity contribution in [1.82, 2.24) is 19.8 Å². The zero-order valence-electron chi connectivity index (χ0n) is 10.2. The average molecular weight is 264 g/mol. The Bertz CT molecular complexity index is 551. The second-order valence-electron chi connectivity index (χ2n) is 4.75. The molecule has 1 fully saturated rings. The molecule has 0 aromatic carbocycles. The van der Waals surface area contributed by atoms with Gasteiger partial charge in [-0.2, -0.15) is 20.7 Å². The lowest BCUT2D eigenvalue weighted by Crippen LogP contribution is -2.28. The summed E-state index contributed by atoms with van der Waals surface area (Å²) in [5.74, 6) is 0. The number of rotatable bonds is 4. The Morgan fingerprint density at radius 2 is 2.17 bits per heavy atom. The topological polar surface area (TPSA) is 52.7 Å². The molecule has 0 N–H and O–H groups in total. The summed E-state index contributed by atoms with van der Waals surface area (Å²) in [6.45, 7) is 0.613. The molecule has 6 heteroatoms. The van der Waals surface area contributed by atoms with Crippen molar-refractivity contribution in [3.8, 4) is 0 Å². The normalized spacial score (nSPS) is 16.4. The van der Waals surface area contributed by atoms with Crippen molar-refractivity contribution < 1.29 is 0 Å². The molecule has 0 atom stereocenters. The Labute approximate surface area is 109 Å².